The zero-order valence-electron chi connectivity index (χ0n) is 43.5. The molecular weight excluding hydrogens is 941 g/mol. The van der Waals surface area contributed by atoms with Crippen molar-refractivity contribution >= 4 is 34.1 Å². The second-order valence-electron chi connectivity index (χ2n) is 21.7. The Bertz CT molecular complexity index is 3980. The molecule has 2 heteroatoms. The van der Waals surface area contributed by atoms with E-state index in [4.69, 9.17) is 0 Å². The van der Waals surface area contributed by atoms with Gasteiger partial charge in [-0.3, -0.25) is 0 Å². The average Bonchev–Trinajstić information content (AvgIpc) is 3.24. The Kier molecular flexibility index (Phi) is 9.63. The minimum atomic E-state index is -0.428. The lowest BCUT2D eigenvalue weighted by atomic mass is 9.70. The third kappa shape index (κ3) is 6.14. The van der Waals surface area contributed by atoms with Crippen LogP contribution in [0.15, 0.2) is 279 Å². The second kappa shape index (κ2) is 16.9. The van der Waals surface area contributed by atoms with E-state index in [1.165, 1.54) is 100 Å². The van der Waals surface area contributed by atoms with Crippen molar-refractivity contribution in [3.8, 4) is 55.6 Å². The van der Waals surface area contributed by atoms with E-state index in [1.807, 2.05) is 0 Å². The summed E-state index contributed by atoms with van der Waals surface area (Å²) in [5.41, 5.74) is 31.8. The molecule has 0 bridgehead atoms. The fourth-order valence-electron chi connectivity index (χ4n) is 14.3. The lowest BCUT2D eigenvalue weighted by Gasteiger charge is -2.32. The summed E-state index contributed by atoms with van der Waals surface area (Å²) in [5, 5.41) is 0. The topological polar surface area (TPSA) is 6.48 Å². The van der Waals surface area contributed by atoms with E-state index >= 15 is 0 Å². The average molecular weight is 993 g/mol. The standard InChI is InChI=1S/C76H52N2/c1-49-27-35-53(36-28-49)77(57-43-45-65-63-19-7-13-25-71(63)75(73(65)47-57)67-21-9-3-15-59(67)60-16-4-10-22-68(60)75)55-39-31-51(32-40-55)52-33-41-56(42-34-52)78(54-37-29-50(2)30-38-54)58-44-46-66-64-20-8-14-26-72(64)76(74(66)48-58)69-23-11-5-17-61(69)62-18-6-12-24-70(62)76/h3-48H,1-2H3. The third-order valence-electron chi connectivity index (χ3n) is 17.6. The van der Waals surface area contributed by atoms with Gasteiger partial charge in [-0.1, -0.05) is 217 Å². The maximum Gasteiger partial charge on any atom is 0.0726 e. The van der Waals surface area contributed by atoms with Gasteiger partial charge in [-0.15, -0.1) is 0 Å². The molecule has 0 saturated heterocycles. The summed E-state index contributed by atoms with van der Waals surface area (Å²) >= 11 is 0. The van der Waals surface area contributed by atoms with Gasteiger partial charge in [-0.2, -0.15) is 0 Å². The smallest absolute Gasteiger partial charge is 0.0726 e. The van der Waals surface area contributed by atoms with E-state index in [9.17, 15) is 0 Å². The molecule has 0 saturated carbocycles. The molecule has 0 heterocycles. The summed E-state index contributed by atoms with van der Waals surface area (Å²) in [6.07, 6.45) is 0. The summed E-state index contributed by atoms with van der Waals surface area (Å²) in [6.45, 7) is 4.32. The van der Waals surface area contributed by atoms with E-state index in [1.54, 1.807) is 0 Å². The van der Waals surface area contributed by atoms with Crippen molar-refractivity contribution in [2.75, 3.05) is 9.80 Å². The molecule has 4 aliphatic carbocycles. The van der Waals surface area contributed by atoms with Gasteiger partial charge in [0.1, 0.15) is 0 Å². The first-order valence-corrected chi connectivity index (χ1v) is 27.3. The van der Waals surface area contributed by atoms with Gasteiger partial charge in [-0.05, 0) is 187 Å². The van der Waals surface area contributed by atoms with Crippen molar-refractivity contribution < 1.29 is 0 Å². The van der Waals surface area contributed by atoms with E-state index in [0.29, 0.717) is 0 Å². The summed E-state index contributed by atoms with van der Waals surface area (Å²) in [4.78, 5) is 4.86. The molecule has 12 aromatic carbocycles. The normalized spacial score (nSPS) is 13.7. The summed E-state index contributed by atoms with van der Waals surface area (Å²) in [7, 11) is 0. The highest BCUT2D eigenvalue weighted by Crippen LogP contribution is 2.65. The Morgan fingerprint density at radius 2 is 0.423 bits per heavy atom. The van der Waals surface area contributed by atoms with Crippen molar-refractivity contribution in [2.45, 2.75) is 24.7 Å². The van der Waals surface area contributed by atoms with Crippen molar-refractivity contribution in [3.05, 3.63) is 335 Å². The highest BCUT2D eigenvalue weighted by molar-refractivity contribution is 5.98. The number of aryl methyl sites for hydroxylation is 2. The third-order valence-corrected chi connectivity index (χ3v) is 17.6. The molecule has 78 heavy (non-hydrogen) atoms. The molecular formula is C76H52N2. The van der Waals surface area contributed by atoms with Crippen LogP contribution in [0.3, 0.4) is 0 Å². The van der Waals surface area contributed by atoms with Crippen LogP contribution in [0.25, 0.3) is 55.6 Å². The highest BCUT2D eigenvalue weighted by atomic mass is 15.1. The Balaban J connectivity index is 0.786. The molecule has 0 unspecified atom stereocenters. The maximum absolute atomic E-state index is 2.48. The number of hydrogen-bond acceptors (Lipinski definition) is 2. The molecule has 12 aromatic rings. The van der Waals surface area contributed by atoms with Gasteiger partial charge in [0.15, 0.2) is 0 Å². The number of nitrogens with zero attached hydrogens (tertiary/aromatic N) is 2. The first kappa shape index (κ1) is 44.5. The number of fused-ring (bicyclic) bond motifs is 20. The minimum Gasteiger partial charge on any atom is -0.310 e. The van der Waals surface area contributed by atoms with Crippen LogP contribution >= 0.6 is 0 Å². The van der Waals surface area contributed by atoms with Crippen LogP contribution in [0.2, 0.25) is 0 Å². The summed E-state index contributed by atoms with van der Waals surface area (Å²) < 4.78 is 0. The fourth-order valence-corrected chi connectivity index (χ4v) is 14.3. The van der Waals surface area contributed by atoms with Crippen LogP contribution in [0.1, 0.15) is 55.6 Å². The number of anilines is 6. The van der Waals surface area contributed by atoms with Crippen LogP contribution in [0.5, 0.6) is 0 Å². The van der Waals surface area contributed by atoms with E-state index in [-0.39, 0.29) is 0 Å². The predicted octanol–water partition coefficient (Wildman–Crippen LogP) is 19.6. The Labute approximate surface area is 456 Å². The van der Waals surface area contributed by atoms with Crippen LogP contribution in [-0.4, -0.2) is 0 Å². The molecule has 0 aromatic heterocycles. The molecule has 4 aliphatic rings. The van der Waals surface area contributed by atoms with Crippen LogP contribution in [-0.2, 0) is 10.8 Å². The van der Waals surface area contributed by atoms with Crippen molar-refractivity contribution in [1.29, 1.82) is 0 Å². The molecule has 2 nitrogen and oxygen atoms in total. The van der Waals surface area contributed by atoms with E-state index < -0.39 is 10.8 Å². The number of benzene rings is 12. The lowest BCUT2D eigenvalue weighted by Crippen LogP contribution is -2.26. The highest BCUT2D eigenvalue weighted by Gasteiger charge is 2.53. The van der Waals surface area contributed by atoms with Crippen molar-refractivity contribution in [1.82, 2.24) is 0 Å². The molecule has 0 aliphatic heterocycles. The van der Waals surface area contributed by atoms with Gasteiger partial charge in [0.05, 0.1) is 10.8 Å². The minimum absolute atomic E-state index is 0.428. The van der Waals surface area contributed by atoms with Gasteiger partial charge < -0.3 is 9.80 Å². The molecule has 0 N–H and O–H groups in total. The quantitative estimate of drug-likeness (QED) is 0.157. The second-order valence-corrected chi connectivity index (χ2v) is 21.7. The van der Waals surface area contributed by atoms with E-state index in [2.05, 4.69) is 303 Å². The summed E-state index contributed by atoms with van der Waals surface area (Å²) in [5.74, 6) is 0. The van der Waals surface area contributed by atoms with E-state index in [0.717, 1.165) is 45.3 Å². The van der Waals surface area contributed by atoms with Crippen LogP contribution in [0.4, 0.5) is 34.1 Å². The predicted molar refractivity (Wildman–Crippen MR) is 323 cm³/mol. The van der Waals surface area contributed by atoms with Crippen molar-refractivity contribution in [3.63, 3.8) is 0 Å². The molecule has 0 radical (unpaired) electrons. The van der Waals surface area contributed by atoms with Gasteiger partial charge >= 0.3 is 0 Å². The lowest BCUT2D eigenvalue weighted by molar-refractivity contribution is 0.793. The first-order chi connectivity index (χ1) is 38.5. The van der Waals surface area contributed by atoms with Crippen LogP contribution < -0.4 is 9.80 Å². The SMILES string of the molecule is Cc1ccc(N(c2ccc(-c3ccc(N(c4ccc(C)cc4)c4ccc5c(c4)C4(c6ccccc6-c6ccccc64)c4ccccc4-5)cc3)cc2)c2ccc3c(c2)C2(c4ccccc4-c4ccccc42)c2ccccc2-3)cc1. The Morgan fingerprint density at radius 1 is 0.205 bits per heavy atom. The Morgan fingerprint density at radius 3 is 0.692 bits per heavy atom. The Hall–Kier alpha value is -9.76. The van der Waals surface area contributed by atoms with Gasteiger partial charge in [-0.25, -0.2) is 0 Å². The van der Waals surface area contributed by atoms with Gasteiger partial charge in [0, 0.05) is 34.1 Å². The maximum atomic E-state index is 2.48. The molecule has 0 fully saturated rings. The van der Waals surface area contributed by atoms with Gasteiger partial charge in [0.2, 0.25) is 0 Å². The summed E-state index contributed by atoms with van der Waals surface area (Å²) in [6, 6.07) is 105. The molecule has 366 valence electrons. The fraction of sp³-hybridized carbons (Fsp3) is 0.0526. The largest absolute Gasteiger partial charge is 0.310 e. The molecule has 0 amide bonds. The zero-order chi connectivity index (χ0) is 51.7. The van der Waals surface area contributed by atoms with Gasteiger partial charge in [0.25, 0.3) is 0 Å². The van der Waals surface area contributed by atoms with Crippen LogP contribution in [0, 0.1) is 13.8 Å². The molecule has 16 rings (SSSR count). The molecule has 0 atom stereocenters. The number of rotatable bonds is 7. The zero-order valence-corrected chi connectivity index (χ0v) is 43.5. The van der Waals surface area contributed by atoms with Crippen molar-refractivity contribution in [2.24, 2.45) is 0 Å². The monoisotopic (exact) mass is 992 g/mol. The molecule has 2 spiro atoms. The number of hydrogen-bond donors (Lipinski definition) is 0. The first-order valence-electron chi connectivity index (χ1n) is 27.3.